The third-order valence-corrected chi connectivity index (χ3v) is 3.48. The summed E-state index contributed by atoms with van der Waals surface area (Å²) in [5.74, 6) is 1.13. The first kappa shape index (κ1) is 10.0. The maximum atomic E-state index is 10.1. The minimum Gasteiger partial charge on any atom is -0.388 e. The summed E-state index contributed by atoms with van der Waals surface area (Å²) in [4.78, 5) is 0. The molecule has 0 bridgehead atoms. The second-order valence-electron chi connectivity index (χ2n) is 4.03. The fourth-order valence-corrected chi connectivity index (χ4v) is 2.32. The van der Waals surface area contributed by atoms with E-state index in [0.717, 1.165) is 18.4 Å². The monoisotopic (exact) mass is 210 g/mol. The Hall–Kier alpha value is -0.530. The molecule has 1 aliphatic carbocycles. The first-order valence-corrected chi connectivity index (χ1v) is 5.54. The van der Waals surface area contributed by atoms with E-state index >= 15 is 0 Å². The van der Waals surface area contributed by atoms with Gasteiger partial charge in [-0.3, -0.25) is 0 Å². The van der Waals surface area contributed by atoms with E-state index in [0.29, 0.717) is 16.9 Å². The Morgan fingerprint density at radius 2 is 2.21 bits per heavy atom. The van der Waals surface area contributed by atoms with Gasteiger partial charge >= 0.3 is 0 Å². The van der Waals surface area contributed by atoms with Crippen LogP contribution in [0.3, 0.4) is 0 Å². The van der Waals surface area contributed by atoms with Crippen LogP contribution in [0.4, 0.5) is 0 Å². The minimum absolute atomic E-state index is 0.367. The first-order chi connectivity index (χ1) is 6.74. The number of rotatable bonds is 3. The molecule has 0 saturated heterocycles. The fourth-order valence-electron chi connectivity index (χ4n) is 2.07. The molecule has 76 valence electrons. The molecule has 1 saturated carbocycles. The number of hydrogen-bond acceptors (Lipinski definition) is 1. The van der Waals surface area contributed by atoms with E-state index in [4.69, 9.17) is 11.6 Å². The van der Waals surface area contributed by atoms with Crippen molar-refractivity contribution in [3.05, 3.63) is 34.9 Å². The molecule has 1 nitrogen and oxygen atoms in total. The second-order valence-corrected chi connectivity index (χ2v) is 4.44. The Morgan fingerprint density at radius 3 is 2.79 bits per heavy atom. The summed E-state index contributed by atoms with van der Waals surface area (Å²) >= 11 is 6.02. The lowest BCUT2D eigenvalue weighted by Crippen LogP contribution is -2.02. The van der Waals surface area contributed by atoms with E-state index in [9.17, 15) is 5.11 Å². The summed E-state index contributed by atoms with van der Waals surface area (Å²) in [6.07, 6.45) is 1.93. The Morgan fingerprint density at radius 1 is 1.50 bits per heavy atom. The van der Waals surface area contributed by atoms with Crippen LogP contribution < -0.4 is 0 Å². The smallest absolute Gasteiger partial charge is 0.0835 e. The van der Waals surface area contributed by atoms with Crippen molar-refractivity contribution in [3.8, 4) is 0 Å². The Labute approximate surface area is 89.7 Å². The van der Waals surface area contributed by atoms with Crippen LogP contribution in [-0.4, -0.2) is 5.11 Å². The summed E-state index contributed by atoms with van der Waals surface area (Å²) in [6.45, 7) is 2.17. The third-order valence-electron chi connectivity index (χ3n) is 3.13. The van der Waals surface area contributed by atoms with E-state index in [2.05, 4.69) is 6.92 Å². The lowest BCUT2D eigenvalue weighted by molar-refractivity contribution is 0.146. The van der Waals surface area contributed by atoms with Crippen molar-refractivity contribution in [1.29, 1.82) is 0 Å². The van der Waals surface area contributed by atoms with Crippen LogP contribution in [-0.2, 0) is 0 Å². The first-order valence-electron chi connectivity index (χ1n) is 5.16. The van der Waals surface area contributed by atoms with Crippen molar-refractivity contribution in [2.45, 2.75) is 25.9 Å². The highest BCUT2D eigenvalue weighted by Crippen LogP contribution is 2.50. The van der Waals surface area contributed by atoms with Gasteiger partial charge < -0.3 is 5.11 Å². The molecule has 1 N–H and O–H groups in total. The van der Waals surface area contributed by atoms with Crippen LogP contribution in [0, 0.1) is 11.8 Å². The van der Waals surface area contributed by atoms with Crippen molar-refractivity contribution in [2.24, 2.45) is 11.8 Å². The molecule has 1 aromatic carbocycles. The van der Waals surface area contributed by atoms with Crippen LogP contribution in [0.1, 0.15) is 31.4 Å². The third kappa shape index (κ3) is 1.79. The standard InChI is InChI=1S/C12H15ClO/c1-2-8-7-10(8)12(14)9-5-3-4-6-11(9)13/h3-6,8,10,12,14H,2,7H2,1H3. The molecule has 0 spiro atoms. The van der Waals surface area contributed by atoms with Gasteiger partial charge in [0.2, 0.25) is 0 Å². The van der Waals surface area contributed by atoms with Crippen LogP contribution >= 0.6 is 11.6 Å². The molecule has 1 aromatic rings. The number of aliphatic hydroxyl groups excluding tert-OH is 1. The van der Waals surface area contributed by atoms with Gasteiger partial charge in [-0.15, -0.1) is 0 Å². The summed E-state index contributed by atoms with van der Waals surface area (Å²) < 4.78 is 0. The molecule has 14 heavy (non-hydrogen) atoms. The predicted molar refractivity (Wildman–Crippen MR) is 58.3 cm³/mol. The summed E-state index contributed by atoms with van der Waals surface area (Å²) in [5.41, 5.74) is 0.884. The van der Waals surface area contributed by atoms with E-state index in [-0.39, 0.29) is 6.10 Å². The molecule has 3 unspecified atom stereocenters. The number of aliphatic hydroxyl groups is 1. The van der Waals surface area contributed by atoms with Gasteiger partial charge in [-0.2, -0.15) is 0 Å². The SMILES string of the molecule is CCC1CC1C(O)c1ccccc1Cl. The molecule has 0 amide bonds. The van der Waals surface area contributed by atoms with Crippen LogP contribution in [0.2, 0.25) is 5.02 Å². The largest absolute Gasteiger partial charge is 0.388 e. The van der Waals surface area contributed by atoms with Gasteiger partial charge in [-0.1, -0.05) is 43.1 Å². The lowest BCUT2D eigenvalue weighted by atomic mass is 10.0. The molecule has 0 aromatic heterocycles. The van der Waals surface area contributed by atoms with E-state index in [1.54, 1.807) is 0 Å². The second kappa shape index (κ2) is 3.92. The molecule has 2 heteroatoms. The zero-order valence-electron chi connectivity index (χ0n) is 8.28. The molecule has 0 radical (unpaired) electrons. The molecule has 2 rings (SSSR count). The highest BCUT2D eigenvalue weighted by atomic mass is 35.5. The maximum absolute atomic E-state index is 10.1. The zero-order chi connectivity index (χ0) is 10.1. The normalized spacial score (nSPS) is 27.4. The Balaban J connectivity index is 2.12. The minimum atomic E-state index is -0.367. The topological polar surface area (TPSA) is 20.2 Å². The van der Waals surface area contributed by atoms with Crippen LogP contribution in [0.25, 0.3) is 0 Å². The van der Waals surface area contributed by atoms with Crippen molar-refractivity contribution in [2.75, 3.05) is 0 Å². The van der Waals surface area contributed by atoms with Gasteiger partial charge in [0, 0.05) is 5.02 Å². The number of halogens is 1. The van der Waals surface area contributed by atoms with Gasteiger partial charge in [-0.25, -0.2) is 0 Å². The van der Waals surface area contributed by atoms with Crippen LogP contribution in [0.15, 0.2) is 24.3 Å². The van der Waals surface area contributed by atoms with Gasteiger partial charge in [0.15, 0.2) is 0 Å². The van der Waals surface area contributed by atoms with Gasteiger partial charge in [-0.05, 0) is 29.9 Å². The number of benzene rings is 1. The summed E-state index contributed by atoms with van der Waals surface area (Å²) in [5, 5.41) is 10.7. The maximum Gasteiger partial charge on any atom is 0.0835 e. The van der Waals surface area contributed by atoms with Gasteiger partial charge in [0.1, 0.15) is 0 Å². The summed E-state index contributed by atoms with van der Waals surface area (Å²) in [7, 11) is 0. The van der Waals surface area contributed by atoms with Gasteiger partial charge in [0.25, 0.3) is 0 Å². The van der Waals surface area contributed by atoms with Crippen molar-refractivity contribution >= 4 is 11.6 Å². The number of hydrogen-bond donors (Lipinski definition) is 1. The molecular weight excluding hydrogens is 196 g/mol. The highest BCUT2D eigenvalue weighted by Gasteiger charge is 2.41. The molecule has 0 heterocycles. The molecule has 1 aliphatic rings. The van der Waals surface area contributed by atoms with E-state index < -0.39 is 0 Å². The summed E-state index contributed by atoms with van der Waals surface area (Å²) in [6, 6.07) is 7.57. The Kier molecular flexibility index (Phi) is 2.80. The molecule has 3 atom stereocenters. The highest BCUT2D eigenvalue weighted by molar-refractivity contribution is 6.31. The van der Waals surface area contributed by atoms with Crippen molar-refractivity contribution in [3.63, 3.8) is 0 Å². The zero-order valence-corrected chi connectivity index (χ0v) is 9.04. The average Bonchev–Trinajstić information content (AvgIpc) is 2.96. The van der Waals surface area contributed by atoms with Gasteiger partial charge in [0.05, 0.1) is 6.10 Å². The quantitative estimate of drug-likeness (QED) is 0.811. The van der Waals surface area contributed by atoms with Crippen molar-refractivity contribution < 1.29 is 5.11 Å². The average molecular weight is 211 g/mol. The Bertz CT molecular complexity index is 324. The van der Waals surface area contributed by atoms with E-state index in [1.165, 1.54) is 0 Å². The van der Waals surface area contributed by atoms with Crippen molar-refractivity contribution in [1.82, 2.24) is 0 Å². The van der Waals surface area contributed by atoms with Crippen LogP contribution in [0.5, 0.6) is 0 Å². The molecule has 0 aliphatic heterocycles. The molecular formula is C12H15ClO. The van der Waals surface area contributed by atoms with E-state index in [1.807, 2.05) is 24.3 Å². The predicted octanol–water partition coefficient (Wildman–Crippen LogP) is 3.42. The lowest BCUT2D eigenvalue weighted by Gasteiger charge is -2.11. The fraction of sp³-hybridized carbons (Fsp3) is 0.500. The molecule has 1 fully saturated rings.